The zero-order valence-electron chi connectivity index (χ0n) is 25.9. The number of carbonyl (C=O) groups excluding carboxylic acids is 3. The number of anilines is 3. The van der Waals surface area contributed by atoms with Gasteiger partial charge in [-0.25, -0.2) is 4.79 Å². The molecule has 4 amide bonds. The molecule has 5 rings (SSSR count). The van der Waals surface area contributed by atoms with E-state index in [1.54, 1.807) is 6.08 Å². The van der Waals surface area contributed by atoms with Crippen molar-refractivity contribution in [3.8, 4) is 0 Å². The summed E-state index contributed by atoms with van der Waals surface area (Å²) in [5.74, 6) is -0.502. The predicted molar refractivity (Wildman–Crippen MR) is 178 cm³/mol. The Balaban J connectivity index is 1.24. The third-order valence-corrected chi connectivity index (χ3v) is 9.71. The Hall–Kier alpha value is -3.85. The number of nitrogens with zero attached hydrogens (tertiary/aromatic N) is 2. The summed E-state index contributed by atoms with van der Waals surface area (Å²) in [6.45, 7) is 4.14. The van der Waals surface area contributed by atoms with Gasteiger partial charge in [-0.3, -0.25) is 14.5 Å². The molecule has 1 aliphatic heterocycles. The zero-order chi connectivity index (χ0) is 30.8. The Morgan fingerprint density at radius 3 is 2.27 bits per heavy atom. The highest BCUT2D eigenvalue weighted by Gasteiger charge is 2.37. The van der Waals surface area contributed by atoms with Crippen LogP contribution in [-0.4, -0.2) is 61.5 Å². The van der Waals surface area contributed by atoms with E-state index in [4.69, 9.17) is 5.73 Å². The van der Waals surface area contributed by atoms with Crippen LogP contribution < -0.4 is 26.6 Å². The lowest BCUT2D eigenvalue weighted by Gasteiger charge is -2.42. The van der Waals surface area contributed by atoms with Gasteiger partial charge >= 0.3 is 6.03 Å². The average Bonchev–Trinajstić information content (AvgIpc) is 3.05. The summed E-state index contributed by atoms with van der Waals surface area (Å²) in [6, 6.07) is 15.7. The van der Waals surface area contributed by atoms with Gasteiger partial charge in [0.2, 0.25) is 11.8 Å². The fourth-order valence-electron chi connectivity index (χ4n) is 7.11. The zero-order valence-corrected chi connectivity index (χ0v) is 25.9. The molecule has 9 nitrogen and oxygen atoms in total. The summed E-state index contributed by atoms with van der Waals surface area (Å²) >= 11 is 0. The van der Waals surface area contributed by atoms with Crippen LogP contribution in [0.1, 0.15) is 76.2 Å². The maximum Gasteiger partial charge on any atom is 0.319 e. The highest BCUT2D eigenvalue weighted by Crippen LogP contribution is 2.39. The molecule has 3 aliphatic rings. The molecule has 1 heterocycles. The van der Waals surface area contributed by atoms with Gasteiger partial charge in [-0.1, -0.05) is 68.9 Å². The normalized spacial score (nSPS) is 19.4. The Morgan fingerprint density at radius 1 is 0.864 bits per heavy atom. The summed E-state index contributed by atoms with van der Waals surface area (Å²) in [4.78, 5) is 43.0. The van der Waals surface area contributed by atoms with Gasteiger partial charge in [-0.05, 0) is 61.9 Å². The molecule has 2 saturated carbocycles. The number of nitrogens with two attached hydrogens (primary N) is 1. The maximum atomic E-state index is 13.0. The number of primary amides is 1. The minimum atomic E-state index is -0.529. The lowest BCUT2D eigenvalue weighted by atomic mass is 9.71. The van der Waals surface area contributed by atoms with E-state index < -0.39 is 5.41 Å². The van der Waals surface area contributed by atoms with Crippen LogP contribution in [0.25, 0.3) is 6.08 Å². The molecule has 1 saturated heterocycles. The van der Waals surface area contributed by atoms with E-state index in [0.717, 1.165) is 69.5 Å². The van der Waals surface area contributed by atoms with Gasteiger partial charge < -0.3 is 26.6 Å². The van der Waals surface area contributed by atoms with Gasteiger partial charge in [0.15, 0.2) is 0 Å². The SMILES string of the molecule is NC(=O)C1(CCNC(=O)Nc2ccc(N3CCN(C4CCCCC4)CC3)c(NC(=O)/C=C/c3ccccc3)c2)CCCCC1. The third-order valence-electron chi connectivity index (χ3n) is 9.71. The summed E-state index contributed by atoms with van der Waals surface area (Å²) in [6.07, 6.45) is 15.1. The third kappa shape index (κ3) is 8.40. The summed E-state index contributed by atoms with van der Waals surface area (Å²) < 4.78 is 0. The van der Waals surface area contributed by atoms with Crippen molar-refractivity contribution in [3.63, 3.8) is 0 Å². The molecule has 0 atom stereocenters. The van der Waals surface area contributed by atoms with Crippen LogP contribution in [0, 0.1) is 5.41 Å². The fourth-order valence-corrected chi connectivity index (χ4v) is 7.11. The number of carbonyl (C=O) groups is 3. The molecule has 5 N–H and O–H groups in total. The van der Waals surface area contributed by atoms with Crippen LogP contribution in [0.3, 0.4) is 0 Å². The molecule has 0 aromatic heterocycles. The maximum absolute atomic E-state index is 13.0. The molecule has 2 aliphatic carbocycles. The van der Waals surface area contributed by atoms with Crippen molar-refractivity contribution in [2.75, 3.05) is 48.3 Å². The van der Waals surface area contributed by atoms with Crippen LogP contribution in [0.5, 0.6) is 0 Å². The van der Waals surface area contributed by atoms with E-state index in [1.807, 2.05) is 48.5 Å². The van der Waals surface area contributed by atoms with Crippen molar-refractivity contribution < 1.29 is 14.4 Å². The molecule has 236 valence electrons. The average molecular weight is 601 g/mol. The first-order valence-electron chi connectivity index (χ1n) is 16.4. The van der Waals surface area contributed by atoms with Crippen LogP contribution in [-0.2, 0) is 9.59 Å². The van der Waals surface area contributed by atoms with Gasteiger partial charge in [0.1, 0.15) is 0 Å². The van der Waals surface area contributed by atoms with E-state index in [2.05, 4.69) is 25.8 Å². The number of benzene rings is 2. The molecule has 0 bridgehead atoms. The fraction of sp³-hybridized carbons (Fsp3) is 0.514. The van der Waals surface area contributed by atoms with Gasteiger partial charge in [0.25, 0.3) is 0 Å². The quantitative estimate of drug-likeness (QED) is 0.259. The van der Waals surface area contributed by atoms with Crippen molar-refractivity contribution in [2.45, 2.75) is 76.7 Å². The first-order valence-corrected chi connectivity index (χ1v) is 16.4. The Labute approximate surface area is 261 Å². The summed E-state index contributed by atoms with van der Waals surface area (Å²) in [5, 5.41) is 8.88. The lowest BCUT2D eigenvalue weighted by molar-refractivity contribution is -0.130. The number of urea groups is 1. The summed E-state index contributed by atoms with van der Waals surface area (Å²) in [7, 11) is 0. The second-order valence-corrected chi connectivity index (χ2v) is 12.6. The van der Waals surface area contributed by atoms with Gasteiger partial charge in [-0.15, -0.1) is 0 Å². The topological polar surface area (TPSA) is 120 Å². The Kier molecular flexibility index (Phi) is 10.9. The van der Waals surface area contributed by atoms with Crippen molar-refractivity contribution >= 4 is 41.0 Å². The number of piperazine rings is 1. The van der Waals surface area contributed by atoms with Crippen molar-refractivity contribution in [1.29, 1.82) is 0 Å². The Morgan fingerprint density at radius 2 is 1.57 bits per heavy atom. The molecule has 2 aromatic rings. The van der Waals surface area contributed by atoms with Gasteiger partial charge in [0.05, 0.1) is 16.8 Å². The molecule has 3 fully saturated rings. The van der Waals surface area contributed by atoms with E-state index in [-0.39, 0.29) is 17.8 Å². The molecule has 0 spiro atoms. The highest BCUT2D eigenvalue weighted by molar-refractivity contribution is 6.04. The molecule has 0 radical (unpaired) electrons. The van der Waals surface area contributed by atoms with E-state index in [1.165, 1.54) is 38.2 Å². The number of hydrogen-bond donors (Lipinski definition) is 4. The smallest absolute Gasteiger partial charge is 0.319 e. The first-order chi connectivity index (χ1) is 21.4. The van der Waals surface area contributed by atoms with E-state index in [0.29, 0.717) is 30.4 Å². The lowest BCUT2D eigenvalue weighted by Crippen LogP contribution is -2.51. The predicted octanol–water partition coefficient (Wildman–Crippen LogP) is 5.74. The number of rotatable bonds is 10. The standard InChI is InChI=1S/C35H48N6O3/c36-33(43)35(18-8-3-9-19-35)20-21-37-34(44)38-28-15-16-31(41-24-22-40(23-25-41)29-12-6-2-7-13-29)30(26-28)39-32(42)17-14-27-10-4-1-5-11-27/h1,4-5,10-11,14-17,26,29H,2-3,6-9,12-13,18-25H2,(H2,36,43)(H,39,42)(H2,37,38,44)/b17-14+. The van der Waals surface area contributed by atoms with Crippen molar-refractivity contribution in [3.05, 3.63) is 60.2 Å². The number of amides is 4. The van der Waals surface area contributed by atoms with E-state index in [9.17, 15) is 14.4 Å². The second-order valence-electron chi connectivity index (χ2n) is 12.6. The highest BCUT2D eigenvalue weighted by atomic mass is 16.2. The van der Waals surface area contributed by atoms with Crippen LogP contribution in [0.4, 0.5) is 21.9 Å². The first kappa shape index (κ1) is 31.6. The van der Waals surface area contributed by atoms with E-state index >= 15 is 0 Å². The molecular weight excluding hydrogens is 552 g/mol. The molecule has 2 aromatic carbocycles. The minimum absolute atomic E-state index is 0.234. The van der Waals surface area contributed by atoms with Gasteiger partial charge in [0, 0.05) is 50.5 Å². The van der Waals surface area contributed by atoms with Crippen LogP contribution in [0.2, 0.25) is 0 Å². The minimum Gasteiger partial charge on any atom is -0.369 e. The van der Waals surface area contributed by atoms with Crippen LogP contribution in [0.15, 0.2) is 54.6 Å². The molecular formula is C35H48N6O3. The monoisotopic (exact) mass is 600 g/mol. The summed E-state index contributed by atoms with van der Waals surface area (Å²) in [5.41, 5.74) is 8.36. The molecule has 44 heavy (non-hydrogen) atoms. The van der Waals surface area contributed by atoms with Crippen LogP contribution >= 0.6 is 0 Å². The number of hydrogen-bond acceptors (Lipinski definition) is 5. The Bertz CT molecular complexity index is 1290. The number of nitrogens with one attached hydrogen (secondary N) is 3. The van der Waals surface area contributed by atoms with Crippen molar-refractivity contribution in [2.24, 2.45) is 11.1 Å². The van der Waals surface area contributed by atoms with Crippen molar-refractivity contribution in [1.82, 2.24) is 10.2 Å². The molecule has 0 unspecified atom stereocenters. The largest absolute Gasteiger partial charge is 0.369 e. The molecule has 9 heteroatoms. The van der Waals surface area contributed by atoms with Gasteiger partial charge in [-0.2, -0.15) is 0 Å². The second kappa shape index (κ2) is 15.2.